The quantitative estimate of drug-likeness (QED) is 0.680. The SMILES string of the molecule is C=C(C)N1CCN(CCC(C)C)CC1. The fourth-order valence-corrected chi connectivity index (χ4v) is 1.79. The first-order valence-electron chi connectivity index (χ1n) is 5.72. The molecule has 0 radical (unpaired) electrons. The zero-order chi connectivity index (χ0) is 10.6. The largest absolute Gasteiger partial charge is 0.373 e. The van der Waals surface area contributed by atoms with Crippen LogP contribution in [0, 0.1) is 5.92 Å². The molecule has 0 aromatic carbocycles. The van der Waals surface area contributed by atoms with Gasteiger partial charge >= 0.3 is 0 Å². The first kappa shape index (κ1) is 11.6. The highest BCUT2D eigenvalue weighted by Gasteiger charge is 2.15. The van der Waals surface area contributed by atoms with Crippen molar-refractivity contribution in [2.75, 3.05) is 32.7 Å². The van der Waals surface area contributed by atoms with E-state index in [0.29, 0.717) is 0 Å². The number of hydrogen-bond acceptors (Lipinski definition) is 2. The lowest BCUT2D eigenvalue weighted by Gasteiger charge is -2.36. The predicted octanol–water partition coefficient (Wildman–Crippen LogP) is 2.18. The van der Waals surface area contributed by atoms with E-state index in [1.807, 2.05) is 0 Å². The van der Waals surface area contributed by atoms with Crippen molar-refractivity contribution in [3.63, 3.8) is 0 Å². The lowest BCUT2D eigenvalue weighted by atomic mass is 10.1. The maximum Gasteiger partial charge on any atom is 0.0303 e. The Morgan fingerprint density at radius 1 is 1.21 bits per heavy atom. The van der Waals surface area contributed by atoms with Gasteiger partial charge in [-0.25, -0.2) is 0 Å². The van der Waals surface area contributed by atoms with Gasteiger partial charge in [-0.3, -0.25) is 4.90 Å². The van der Waals surface area contributed by atoms with Crippen molar-refractivity contribution in [3.05, 3.63) is 12.3 Å². The van der Waals surface area contributed by atoms with Crippen molar-refractivity contribution in [3.8, 4) is 0 Å². The summed E-state index contributed by atoms with van der Waals surface area (Å²) in [4.78, 5) is 4.95. The zero-order valence-electron chi connectivity index (χ0n) is 9.92. The highest BCUT2D eigenvalue weighted by atomic mass is 15.3. The van der Waals surface area contributed by atoms with Crippen LogP contribution in [0.5, 0.6) is 0 Å². The minimum absolute atomic E-state index is 0.828. The number of hydrogen-bond donors (Lipinski definition) is 0. The number of piperazine rings is 1. The van der Waals surface area contributed by atoms with Crippen molar-refractivity contribution in [1.82, 2.24) is 9.80 Å². The molecule has 0 saturated carbocycles. The second kappa shape index (κ2) is 5.40. The van der Waals surface area contributed by atoms with Crippen LogP contribution in [0.1, 0.15) is 27.2 Å². The highest BCUT2D eigenvalue weighted by Crippen LogP contribution is 2.09. The first-order valence-corrected chi connectivity index (χ1v) is 5.72. The Hall–Kier alpha value is -0.500. The molecular formula is C12H24N2. The first-order chi connectivity index (χ1) is 6.59. The summed E-state index contributed by atoms with van der Waals surface area (Å²) >= 11 is 0. The average molecular weight is 196 g/mol. The third-order valence-electron chi connectivity index (χ3n) is 2.93. The van der Waals surface area contributed by atoms with Gasteiger partial charge in [0.05, 0.1) is 0 Å². The third kappa shape index (κ3) is 3.70. The monoisotopic (exact) mass is 196 g/mol. The normalized spacial score (nSPS) is 19.0. The molecule has 0 bridgehead atoms. The van der Waals surface area contributed by atoms with E-state index in [0.717, 1.165) is 19.0 Å². The summed E-state index contributed by atoms with van der Waals surface area (Å²) in [6, 6.07) is 0. The molecule has 0 spiro atoms. The van der Waals surface area contributed by atoms with Gasteiger partial charge in [-0.2, -0.15) is 0 Å². The van der Waals surface area contributed by atoms with Gasteiger partial charge in [0.25, 0.3) is 0 Å². The third-order valence-corrected chi connectivity index (χ3v) is 2.93. The van der Waals surface area contributed by atoms with E-state index < -0.39 is 0 Å². The number of allylic oxidation sites excluding steroid dienone is 1. The van der Waals surface area contributed by atoms with E-state index in [-0.39, 0.29) is 0 Å². The maximum atomic E-state index is 3.99. The Labute approximate surface area is 88.6 Å². The molecule has 0 amide bonds. The van der Waals surface area contributed by atoms with E-state index >= 15 is 0 Å². The van der Waals surface area contributed by atoms with Crippen LogP contribution in [0.3, 0.4) is 0 Å². The minimum Gasteiger partial charge on any atom is -0.373 e. The number of rotatable bonds is 4. The van der Waals surface area contributed by atoms with Crippen LogP contribution in [0.4, 0.5) is 0 Å². The van der Waals surface area contributed by atoms with Crippen LogP contribution in [0.25, 0.3) is 0 Å². The van der Waals surface area contributed by atoms with Crippen LogP contribution >= 0.6 is 0 Å². The zero-order valence-corrected chi connectivity index (χ0v) is 9.92. The van der Waals surface area contributed by atoms with E-state index in [9.17, 15) is 0 Å². The molecule has 2 heteroatoms. The van der Waals surface area contributed by atoms with E-state index in [1.165, 1.54) is 31.8 Å². The smallest absolute Gasteiger partial charge is 0.0303 e. The van der Waals surface area contributed by atoms with Crippen molar-refractivity contribution >= 4 is 0 Å². The molecular weight excluding hydrogens is 172 g/mol. The molecule has 0 aliphatic carbocycles. The van der Waals surface area contributed by atoms with Gasteiger partial charge in [0.1, 0.15) is 0 Å². The van der Waals surface area contributed by atoms with Crippen LogP contribution in [-0.4, -0.2) is 42.5 Å². The van der Waals surface area contributed by atoms with Crippen LogP contribution < -0.4 is 0 Å². The average Bonchev–Trinajstić information content (AvgIpc) is 2.15. The standard InChI is InChI=1S/C12H24N2/c1-11(2)5-6-13-7-9-14(10-8-13)12(3)4/h11H,3,5-10H2,1-2,4H3. The minimum atomic E-state index is 0.828. The fourth-order valence-electron chi connectivity index (χ4n) is 1.79. The Balaban J connectivity index is 2.19. The Kier molecular flexibility index (Phi) is 4.46. The van der Waals surface area contributed by atoms with Crippen molar-refractivity contribution in [2.24, 2.45) is 5.92 Å². The molecule has 14 heavy (non-hydrogen) atoms. The van der Waals surface area contributed by atoms with Crippen LogP contribution in [-0.2, 0) is 0 Å². The van der Waals surface area contributed by atoms with E-state index in [2.05, 4.69) is 37.1 Å². The molecule has 1 fully saturated rings. The Morgan fingerprint density at radius 3 is 2.21 bits per heavy atom. The highest BCUT2D eigenvalue weighted by molar-refractivity contribution is 4.91. The molecule has 0 aromatic heterocycles. The molecule has 1 saturated heterocycles. The Morgan fingerprint density at radius 2 is 1.79 bits per heavy atom. The summed E-state index contributed by atoms with van der Waals surface area (Å²) in [5.74, 6) is 0.828. The second-order valence-corrected chi connectivity index (χ2v) is 4.75. The fraction of sp³-hybridized carbons (Fsp3) is 0.833. The van der Waals surface area contributed by atoms with Gasteiger partial charge in [-0.15, -0.1) is 0 Å². The predicted molar refractivity (Wildman–Crippen MR) is 62.3 cm³/mol. The topological polar surface area (TPSA) is 6.48 Å². The second-order valence-electron chi connectivity index (χ2n) is 4.75. The van der Waals surface area contributed by atoms with Crippen molar-refractivity contribution in [1.29, 1.82) is 0 Å². The van der Waals surface area contributed by atoms with Crippen molar-refractivity contribution < 1.29 is 0 Å². The van der Waals surface area contributed by atoms with Gasteiger partial charge in [0.15, 0.2) is 0 Å². The summed E-state index contributed by atoms with van der Waals surface area (Å²) in [5, 5.41) is 0. The summed E-state index contributed by atoms with van der Waals surface area (Å²) in [6.07, 6.45) is 1.33. The number of nitrogens with zero attached hydrogens (tertiary/aromatic N) is 2. The van der Waals surface area contributed by atoms with Gasteiger partial charge in [-0.05, 0) is 25.8 Å². The molecule has 0 aromatic rings. The summed E-state index contributed by atoms with van der Waals surface area (Å²) in [5.41, 5.74) is 1.22. The molecule has 82 valence electrons. The summed E-state index contributed by atoms with van der Waals surface area (Å²) < 4.78 is 0. The summed E-state index contributed by atoms with van der Waals surface area (Å²) in [7, 11) is 0. The van der Waals surface area contributed by atoms with Crippen LogP contribution in [0.15, 0.2) is 12.3 Å². The lowest BCUT2D eigenvalue weighted by molar-refractivity contribution is 0.153. The molecule has 1 heterocycles. The maximum absolute atomic E-state index is 3.99. The summed E-state index contributed by atoms with van der Waals surface area (Å²) in [6.45, 7) is 16.7. The lowest BCUT2D eigenvalue weighted by Crippen LogP contribution is -2.45. The van der Waals surface area contributed by atoms with Crippen LogP contribution in [0.2, 0.25) is 0 Å². The van der Waals surface area contributed by atoms with Crippen molar-refractivity contribution in [2.45, 2.75) is 27.2 Å². The molecule has 0 atom stereocenters. The van der Waals surface area contributed by atoms with Gasteiger partial charge in [-0.1, -0.05) is 20.4 Å². The van der Waals surface area contributed by atoms with E-state index in [1.54, 1.807) is 0 Å². The van der Waals surface area contributed by atoms with E-state index in [4.69, 9.17) is 0 Å². The van der Waals surface area contributed by atoms with Gasteiger partial charge in [0, 0.05) is 31.9 Å². The molecule has 2 nitrogen and oxygen atoms in total. The molecule has 0 N–H and O–H groups in total. The Bertz CT molecular complexity index is 179. The molecule has 0 unspecified atom stereocenters. The molecule has 1 aliphatic heterocycles. The van der Waals surface area contributed by atoms with Gasteiger partial charge in [0.2, 0.25) is 0 Å². The molecule has 1 rings (SSSR count). The molecule has 1 aliphatic rings. The van der Waals surface area contributed by atoms with Gasteiger partial charge < -0.3 is 4.90 Å².